The predicted octanol–water partition coefficient (Wildman–Crippen LogP) is -1.16. The lowest BCUT2D eigenvalue weighted by Gasteiger charge is -2.13. The highest BCUT2D eigenvalue weighted by atomic mass is 32.2. The van der Waals surface area contributed by atoms with Crippen molar-refractivity contribution in [2.45, 2.75) is 18.0 Å². The van der Waals surface area contributed by atoms with Crippen LogP contribution in [-0.4, -0.2) is 50.6 Å². The van der Waals surface area contributed by atoms with Gasteiger partial charge in [-0.25, -0.2) is 13.4 Å². The summed E-state index contributed by atoms with van der Waals surface area (Å²) >= 11 is 0. The Morgan fingerprint density at radius 3 is 2.89 bits per heavy atom. The molecule has 1 unspecified atom stereocenters. The Bertz CT molecular complexity index is 471. The molecule has 8 nitrogen and oxygen atoms in total. The number of aromatic nitrogens is 2. The van der Waals surface area contributed by atoms with E-state index in [1.54, 1.807) is 0 Å². The van der Waals surface area contributed by atoms with Crippen LogP contribution in [0.3, 0.4) is 0 Å². The van der Waals surface area contributed by atoms with E-state index in [9.17, 15) is 13.2 Å². The van der Waals surface area contributed by atoms with E-state index in [0.717, 1.165) is 6.20 Å². The van der Waals surface area contributed by atoms with E-state index in [0.29, 0.717) is 13.2 Å². The Kier molecular flexibility index (Phi) is 5.25. The molecule has 0 aliphatic carbocycles. The molecule has 0 radical (unpaired) electrons. The van der Waals surface area contributed by atoms with Gasteiger partial charge < -0.3 is 15.0 Å². The highest BCUT2D eigenvalue weighted by Crippen LogP contribution is 2.02. The summed E-state index contributed by atoms with van der Waals surface area (Å²) in [5.74, 6) is -0.421. The molecule has 0 fully saturated rings. The lowest BCUT2D eigenvalue weighted by molar-refractivity contribution is -0.122. The van der Waals surface area contributed by atoms with Gasteiger partial charge >= 0.3 is 0 Å². The second-order valence-electron chi connectivity index (χ2n) is 3.54. The molecule has 18 heavy (non-hydrogen) atoms. The number of hydrogen-bond acceptors (Lipinski definition) is 5. The molecule has 0 aliphatic rings. The van der Waals surface area contributed by atoms with Crippen LogP contribution in [0.4, 0.5) is 0 Å². The quantitative estimate of drug-likeness (QED) is 0.544. The maximum Gasteiger partial charge on any atom is 0.258 e. The fourth-order valence-corrected chi connectivity index (χ4v) is 2.28. The van der Waals surface area contributed by atoms with Gasteiger partial charge in [0.2, 0.25) is 5.91 Å². The molecule has 1 aromatic heterocycles. The SMILES string of the molecule is COCCNC(=O)C(C)NS(=O)(=O)c1cnc[nH]1. The molecule has 0 aliphatic heterocycles. The van der Waals surface area contributed by atoms with Crippen LogP contribution in [0.1, 0.15) is 6.92 Å². The maximum atomic E-state index is 11.8. The highest BCUT2D eigenvalue weighted by Gasteiger charge is 2.22. The molecule has 1 amide bonds. The average Bonchev–Trinajstić information content (AvgIpc) is 2.82. The summed E-state index contributed by atoms with van der Waals surface area (Å²) in [4.78, 5) is 17.6. The van der Waals surface area contributed by atoms with Crippen molar-refractivity contribution in [1.82, 2.24) is 20.0 Å². The zero-order valence-corrected chi connectivity index (χ0v) is 11.0. The third kappa shape index (κ3) is 4.09. The summed E-state index contributed by atoms with van der Waals surface area (Å²) in [5.41, 5.74) is 0. The summed E-state index contributed by atoms with van der Waals surface area (Å²) < 4.78 is 30.5. The monoisotopic (exact) mass is 276 g/mol. The molecule has 1 heterocycles. The van der Waals surface area contributed by atoms with Crippen LogP contribution in [0.5, 0.6) is 0 Å². The van der Waals surface area contributed by atoms with Crippen molar-refractivity contribution in [3.8, 4) is 0 Å². The highest BCUT2D eigenvalue weighted by molar-refractivity contribution is 7.89. The summed E-state index contributed by atoms with van der Waals surface area (Å²) in [7, 11) is -2.24. The number of ether oxygens (including phenoxy) is 1. The van der Waals surface area contributed by atoms with Crippen LogP contribution < -0.4 is 10.0 Å². The van der Waals surface area contributed by atoms with Gasteiger partial charge in [0.05, 0.1) is 25.2 Å². The van der Waals surface area contributed by atoms with Crippen molar-refractivity contribution in [2.75, 3.05) is 20.3 Å². The van der Waals surface area contributed by atoms with Gasteiger partial charge in [-0.2, -0.15) is 4.72 Å². The van der Waals surface area contributed by atoms with Crippen molar-refractivity contribution < 1.29 is 17.9 Å². The molecule has 0 bridgehead atoms. The zero-order chi connectivity index (χ0) is 13.6. The van der Waals surface area contributed by atoms with Gasteiger partial charge in [0.1, 0.15) is 0 Å². The number of H-pyrrole nitrogens is 1. The minimum Gasteiger partial charge on any atom is -0.383 e. The summed E-state index contributed by atoms with van der Waals surface area (Å²) in [6.45, 7) is 2.15. The van der Waals surface area contributed by atoms with E-state index in [2.05, 4.69) is 20.0 Å². The van der Waals surface area contributed by atoms with Crippen molar-refractivity contribution in [3.63, 3.8) is 0 Å². The average molecular weight is 276 g/mol. The third-order valence-electron chi connectivity index (χ3n) is 2.09. The number of carbonyl (C=O) groups excluding carboxylic acids is 1. The van der Waals surface area contributed by atoms with Crippen LogP contribution >= 0.6 is 0 Å². The van der Waals surface area contributed by atoms with Crippen LogP contribution in [0.2, 0.25) is 0 Å². The standard InChI is InChI=1S/C9H16N4O4S/c1-7(9(14)11-3-4-17-2)13-18(15,16)8-5-10-6-12-8/h5-7,13H,3-4H2,1-2H3,(H,10,12)(H,11,14). The minimum absolute atomic E-state index is 0.0842. The molecule has 1 rings (SSSR count). The number of imidazole rings is 1. The molecule has 1 aromatic rings. The second kappa shape index (κ2) is 6.47. The van der Waals surface area contributed by atoms with Gasteiger partial charge in [-0.1, -0.05) is 0 Å². The lowest BCUT2D eigenvalue weighted by atomic mass is 10.3. The number of methoxy groups -OCH3 is 1. The summed E-state index contributed by atoms with van der Waals surface area (Å²) in [5, 5.41) is 2.45. The van der Waals surface area contributed by atoms with Crippen molar-refractivity contribution >= 4 is 15.9 Å². The normalized spacial score (nSPS) is 13.2. The number of sulfonamides is 1. The number of aromatic amines is 1. The van der Waals surface area contributed by atoms with Crippen molar-refractivity contribution in [2.24, 2.45) is 0 Å². The largest absolute Gasteiger partial charge is 0.383 e. The summed E-state index contributed by atoms with van der Waals surface area (Å²) in [6.07, 6.45) is 2.41. The molecule has 102 valence electrons. The predicted molar refractivity (Wildman–Crippen MR) is 63.3 cm³/mol. The fraction of sp³-hybridized carbons (Fsp3) is 0.556. The van der Waals surface area contributed by atoms with Gasteiger partial charge in [-0.15, -0.1) is 0 Å². The first-order valence-electron chi connectivity index (χ1n) is 5.24. The molecule has 0 saturated heterocycles. The van der Waals surface area contributed by atoms with Gasteiger partial charge in [0.25, 0.3) is 10.0 Å². The van der Waals surface area contributed by atoms with Crippen LogP contribution in [0, 0.1) is 0 Å². The Labute approximate surface area is 105 Å². The van der Waals surface area contributed by atoms with E-state index < -0.39 is 22.0 Å². The molecular weight excluding hydrogens is 260 g/mol. The Morgan fingerprint density at radius 2 is 2.33 bits per heavy atom. The lowest BCUT2D eigenvalue weighted by Crippen LogP contribution is -2.45. The van der Waals surface area contributed by atoms with Crippen molar-refractivity contribution in [1.29, 1.82) is 0 Å². The number of nitrogens with one attached hydrogen (secondary N) is 3. The fourth-order valence-electron chi connectivity index (χ4n) is 1.17. The van der Waals surface area contributed by atoms with E-state index >= 15 is 0 Å². The minimum atomic E-state index is -3.75. The maximum absolute atomic E-state index is 11.8. The number of hydrogen-bond donors (Lipinski definition) is 3. The Balaban J connectivity index is 2.54. The Hall–Kier alpha value is -1.45. The first-order chi connectivity index (χ1) is 8.47. The molecule has 1 atom stereocenters. The van der Waals surface area contributed by atoms with E-state index in [1.165, 1.54) is 20.4 Å². The second-order valence-corrected chi connectivity index (χ2v) is 5.23. The number of nitrogens with zero attached hydrogens (tertiary/aromatic N) is 1. The molecule has 9 heteroatoms. The Morgan fingerprint density at radius 1 is 1.61 bits per heavy atom. The summed E-state index contributed by atoms with van der Waals surface area (Å²) in [6, 6.07) is -0.879. The first-order valence-corrected chi connectivity index (χ1v) is 6.73. The van der Waals surface area contributed by atoms with Gasteiger partial charge in [-0.05, 0) is 6.92 Å². The van der Waals surface area contributed by atoms with Crippen LogP contribution in [0.15, 0.2) is 17.6 Å². The van der Waals surface area contributed by atoms with Gasteiger partial charge in [-0.3, -0.25) is 4.79 Å². The number of rotatable bonds is 7. The van der Waals surface area contributed by atoms with Gasteiger partial charge in [0.15, 0.2) is 5.03 Å². The van der Waals surface area contributed by atoms with E-state index in [4.69, 9.17) is 4.74 Å². The van der Waals surface area contributed by atoms with Crippen molar-refractivity contribution in [3.05, 3.63) is 12.5 Å². The van der Waals surface area contributed by atoms with Gasteiger partial charge in [0, 0.05) is 13.7 Å². The van der Waals surface area contributed by atoms with Crippen LogP contribution in [0.25, 0.3) is 0 Å². The molecule has 0 spiro atoms. The molecule has 3 N–H and O–H groups in total. The molecular formula is C9H16N4O4S. The smallest absolute Gasteiger partial charge is 0.258 e. The molecule has 0 saturated carbocycles. The zero-order valence-electron chi connectivity index (χ0n) is 10.1. The number of amides is 1. The third-order valence-corrected chi connectivity index (χ3v) is 3.56. The van der Waals surface area contributed by atoms with E-state index in [1.807, 2.05) is 0 Å². The number of carbonyl (C=O) groups is 1. The van der Waals surface area contributed by atoms with Crippen LogP contribution in [-0.2, 0) is 19.6 Å². The van der Waals surface area contributed by atoms with E-state index in [-0.39, 0.29) is 5.03 Å². The molecule has 0 aromatic carbocycles. The first kappa shape index (κ1) is 14.6. The topological polar surface area (TPSA) is 113 Å².